The van der Waals surface area contributed by atoms with Gasteiger partial charge in [0.15, 0.2) is 5.72 Å². The summed E-state index contributed by atoms with van der Waals surface area (Å²) in [5.74, 6) is -1.04. The van der Waals surface area contributed by atoms with Crippen molar-refractivity contribution in [2.45, 2.75) is 12.6 Å². The van der Waals surface area contributed by atoms with Crippen molar-refractivity contribution >= 4 is 47.1 Å². The van der Waals surface area contributed by atoms with Gasteiger partial charge in [-0.25, -0.2) is 14.2 Å². The molecule has 8 nitrogen and oxygen atoms in total. The van der Waals surface area contributed by atoms with E-state index in [0.29, 0.717) is 27.7 Å². The monoisotopic (exact) mass is 482 g/mol. The topological polar surface area (TPSA) is 110 Å². The fraction of sp³-hybridized carbons (Fsp3) is 0.125. The highest BCUT2D eigenvalue weighted by molar-refractivity contribution is 6.12. The molecule has 0 aliphatic carbocycles. The number of aryl methyl sites for hydroxylation is 1. The van der Waals surface area contributed by atoms with E-state index in [0.717, 1.165) is 9.80 Å². The van der Waals surface area contributed by atoms with Crippen LogP contribution in [-0.4, -0.2) is 39.2 Å². The van der Waals surface area contributed by atoms with Gasteiger partial charge < -0.3 is 15.2 Å². The van der Waals surface area contributed by atoms with E-state index in [-0.39, 0.29) is 29.6 Å². The minimum atomic E-state index is -2.00. The highest BCUT2D eigenvalue weighted by atomic mass is 35.5. The van der Waals surface area contributed by atoms with Crippen molar-refractivity contribution < 1.29 is 24.2 Å². The number of halogens is 2. The molecule has 10 heteroatoms. The van der Waals surface area contributed by atoms with Gasteiger partial charge in [0, 0.05) is 23.7 Å². The minimum absolute atomic E-state index is 0. The van der Waals surface area contributed by atoms with Gasteiger partial charge in [0.1, 0.15) is 5.82 Å². The molecular weight excluding hydrogens is 463 g/mol. The summed E-state index contributed by atoms with van der Waals surface area (Å²) in [5, 5.41) is 21.3. The molecule has 3 N–H and O–H groups in total. The Morgan fingerprint density at radius 2 is 1.88 bits per heavy atom. The summed E-state index contributed by atoms with van der Waals surface area (Å²) < 4.78 is 15.1. The largest absolute Gasteiger partial charge is 0.465 e. The van der Waals surface area contributed by atoms with E-state index in [1.165, 1.54) is 13.1 Å². The molecule has 2 amide bonds. The standard InChI is InChI=1S/C24H19FN4O4.ClH/c1-13-6-5-9-19(20(13)25)29-21(30)15-7-3-4-8-16(15)24(29,33)14-10-11-17-18(12-14)27-22(26-17)28(2)23(31)32;/h3-12,33H,1-2H3,(H,26,27)(H,31,32);1H. The maximum absolute atomic E-state index is 15.1. The van der Waals surface area contributed by atoms with Crippen LogP contribution in [0, 0.1) is 12.7 Å². The fourth-order valence-corrected chi connectivity index (χ4v) is 4.20. The number of carbonyl (C=O) groups excluding carboxylic acids is 1. The SMILES string of the molecule is Cc1cccc(N2C(=O)c3ccccc3C2(O)c2ccc3nc(N(C)C(=O)O)[nH]c3c2)c1F.Cl. The maximum Gasteiger partial charge on any atom is 0.413 e. The van der Waals surface area contributed by atoms with Crippen molar-refractivity contribution in [1.82, 2.24) is 9.97 Å². The van der Waals surface area contributed by atoms with Gasteiger partial charge in [-0.05, 0) is 36.8 Å². The van der Waals surface area contributed by atoms with E-state index in [1.54, 1.807) is 61.5 Å². The Bertz CT molecular complexity index is 1460. The number of hydrogen-bond donors (Lipinski definition) is 3. The Morgan fingerprint density at radius 1 is 1.15 bits per heavy atom. The third-order valence-corrected chi connectivity index (χ3v) is 5.95. The number of anilines is 2. The maximum atomic E-state index is 15.1. The van der Waals surface area contributed by atoms with Crippen LogP contribution in [0.5, 0.6) is 0 Å². The number of benzene rings is 3. The second-order valence-corrected chi connectivity index (χ2v) is 7.90. The zero-order valence-electron chi connectivity index (χ0n) is 18.1. The first-order chi connectivity index (χ1) is 15.7. The van der Waals surface area contributed by atoms with Crippen LogP contribution in [-0.2, 0) is 5.72 Å². The molecule has 0 spiro atoms. The van der Waals surface area contributed by atoms with Crippen LogP contribution < -0.4 is 9.80 Å². The number of fused-ring (bicyclic) bond motifs is 2. The molecule has 3 aromatic carbocycles. The predicted octanol–water partition coefficient (Wildman–Crippen LogP) is 4.40. The van der Waals surface area contributed by atoms with Gasteiger partial charge in [-0.3, -0.25) is 14.6 Å². The second-order valence-electron chi connectivity index (χ2n) is 7.90. The number of amides is 2. The molecule has 1 aliphatic rings. The Morgan fingerprint density at radius 3 is 2.62 bits per heavy atom. The zero-order valence-corrected chi connectivity index (χ0v) is 18.9. The van der Waals surface area contributed by atoms with Crippen molar-refractivity contribution in [3.63, 3.8) is 0 Å². The van der Waals surface area contributed by atoms with Gasteiger partial charge >= 0.3 is 6.09 Å². The number of aromatic nitrogens is 2. The molecule has 1 unspecified atom stereocenters. The van der Waals surface area contributed by atoms with E-state index in [2.05, 4.69) is 9.97 Å². The first kappa shape index (κ1) is 23.2. The van der Waals surface area contributed by atoms with Crippen LogP contribution in [0.3, 0.4) is 0 Å². The molecule has 2 heterocycles. The van der Waals surface area contributed by atoms with Gasteiger partial charge in [-0.1, -0.05) is 36.4 Å². The summed E-state index contributed by atoms with van der Waals surface area (Å²) in [6, 6.07) is 16.0. The van der Waals surface area contributed by atoms with E-state index in [9.17, 15) is 19.8 Å². The number of carbonyl (C=O) groups is 2. The average Bonchev–Trinajstić information content (AvgIpc) is 3.33. The fourth-order valence-electron chi connectivity index (χ4n) is 4.20. The lowest BCUT2D eigenvalue weighted by atomic mass is 9.93. The van der Waals surface area contributed by atoms with Crippen LogP contribution in [0.4, 0.5) is 20.8 Å². The second kappa shape index (κ2) is 8.12. The zero-order chi connectivity index (χ0) is 23.5. The average molecular weight is 483 g/mol. The first-order valence-corrected chi connectivity index (χ1v) is 10.1. The van der Waals surface area contributed by atoms with E-state index < -0.39 is 23.5 Å². The molecule has 34 heavy (non-hydrogen) atoms. The number of imidazole rings is 1. The summed E-state index contributed by atoms with van der Waals surface area (Å²) in [6.07, 6.45) is -1.19. The molecule has 0 bridgehead atoms. The van der Waals surface area contributed by atoms with Crippen molar-refractivity contribution in [2.75, 3.05) is 16.8 Å². The summed E-state index contributed by atoms with van der Waals surface area (Å²) in [5.41, 5.74) is 0.0815. The van der Waals surface area contributed by atoms with Crippen LogP contribution in [0.15, 0.2) is 60.7 Å². The molecule has 1 aromatic heterocycles. The Hall–Kier alpha value is -3.95. The van der Waals surface area contributed by atoms with E-state index in [4.69, 9.17) is 0 Å². The summed E-state index contributed by atoms with van der Waals surface area (Å²) in [7, 11) is 1.35. The molecule has 0 saturated carbocycles. The minimum Gasteiger partial charge on any atom is -0.465 e. The first-order valence-electron chi connectivity index (χ1n) is 10.1. The molecule has 4 aromatic rings. The molecule has 5 rings (SSSR count). The lowest BCUT2D eigenvalue weighted by Crippen LogP contribution is -2.45. The molecule has 1 atom stereocenters. The third-order valence-electron chi connectivity index (χ3n) is 5.95. The summed E-state index contributed by atoms with van der Waals surface area (Å²) in [4.78, 5) is 33.8. The van der Waals surface area contributed by atoms with Gasteiger partial charge in [-0.2, -0.15) is 0 Å². The number of nitrogens with one attached hydrogen (secondary N) is 1. The van der Waals surface area contributed by atoms with Crippen LogP contribution in [0.2, 0.25) is 0 Å². The van der Waals surface area contributed by atoms with Crippen LogP contribution in [0.25, 0.3) is 11.0 Å². The number of aliphatic hydroxyl groups is 1. The number of aromatic amines is 1. The van der Waals surface area contributed by atoms with Gasteiger partial charge in [-0.15, -0.1) is 12.4 Å². The molecule has 0 radical (unpaired) electrons. The molecular formula is C24H20ClFN4O4. The van der Waals surface area contributed by atoms with E-state index >= 15 is 4.39 Å². The van der Waals surface area contributed by atoms with Crippen LogP contribution in [0.1, 0.15) is 27.0 Å². The Balaban J connectivity index is 0.00000274. The lowest BCUT2D eigenvalue weighted by Gasteiger charge is -2.35. The molecule has 0 fully saturated rings. The summed E-state index contributed by atoms with van der Waals surface area (Å²) >= 11 is 0. The third kappa shape index (κ3) is 3.20. The number of rotatable bonds is 3. The Labute approximate surface area is 199 Å². The van der Waals surface area contributed by atoms with E-state index in [1.807, 2.05) is 0 Å². The smallest absolute Gasteiger partial charge is 0.413 e. The number of carboxylic acid groups (broad SMARTS) is 1. The van der Waals surface area contributed by atoms with Gasteiger partial charge in [0.05, 0.1) is 16.7 Å². The van der Waals surface area contributed by atoms with Gasteiger partial charge in [0.25, 0.3) is 5.91 Å². The van der Waals surface area contributed by atoms with Gasteiger partial charge in [0.2, 0.25) is 5.95 Å². The molecule has 0 saturated heterocycles. The number of hydrogen-bond acceptors (Lipinski definition) is 4. The highest BCUT2D eigenvalue weighted by Crippen LogP contribution is 2.46. The van der Waals surface area contributed by atoms with Crippen LogP contribution >= 0.6 is 12.4 Å². The normalized spacial score (nSPS) is 16.9. The molecule has 174 valence electrons. The van der Waals surface area contributed by atoms with Crippen molar-refractivity contribution in [1.29, 1.82) is 0 Å². The van der Waals surface area contributed by atoms with Crippen molar-refractivity contribution in [2.24, 2.45) is 0 Å². The Kier molecular flexibility index (Phi) is 5.55. The number of H-pyrrole nitrogens is 1. The predicted molar refractivity (Wildman–Crippen MR) is 127 cm³/mol. The lowest BCUT2D eigenvalue weighted by molar-refractivity contribution is 0.0699. The highest BCUT2D eigenvalue weighted by Gasteiger charge is 2.51. The molecule has 1 aliphatic heterocycles. The van der Waals surface area contributed by atoms with Crippen molar-refractivity contribution in [3.05, 3.63) is 88.7 Å². The number of nitrogens with zero attached hydrogens (tertiary/aromatic N) is 3. The van der Waals surface area contributed by atoms with Crippen molar-refractivity contribution in [3.8, 4) is 0 Å². The summed E-state index contributed by atoms with van der Waals surface area (Å²) in [6.45, 7) is 1.59. The quantitative estimate of drug-likeness (QED) is 0.401.